The molecular formula is C11H16N2O5. The highest BCUT2D eigenvalue weighted by molar-refractivity contribution is 5.82. The Morgan fingerprint density at radius 1 is 1.56 bits per heavy atom. The van der Waals surface area contributed by atoms with E-state index >= 15 is 0 Å². The van der Waals surface area contributed by atoms with E-state index in [1.165, 1.54) is 17.4 Å². The lowest BCUT2D eigenvalue weighted by Gasteiger charge is -2.20. The van der Waals surface area contributed by atoms with Gasteiger partial charge in [0.25, 0.3) is 0 Å². The molecule has 0 aliphatic carbocycles. The monoisotopic (exact) mass is 256 g/mol. The second-order valence-electron chi connectivity index (χ2n) is 3.84. The van der Waals surface area contributed by atoms with Crippen LogP contribution in [0.2, 0.25) is 0 Å². The average molecular weight is 256 g/mol. The molecule has 0 unspecified atom stereocenters. The smallest absolute Gasteiger partial charge is 0.326 e. The lowest BCUT2D eigenvalue weighted by Crippen LogP contribution is -2.46. The Kier molecular flexibility index (Phi) is 5.19. The number of carboxylic acid groups (broad SMARTS) is 1. The third kappa shape index (κ3) is 4.10. The van der Waals surface area contributed by atoms with Gasteiger partial charge in [0.1, 0.15) is 6.04 Å². The van der Waals surface area contributed by atoms with E-state index in [0.29, 0.717) is 6.54 Å². The van der Waals surface area contributed by atoms with Crippen LogP contribution in [0, 0.1) is 0 Å². The molecule has 0 aromatic carbocycles. The molecule has 0 spiro atoms. The number of rotatable bonds is 6. The summed E-state index contributed by atoms with van der Waals surface area (Å²) in [7, 11) is 1.54. The van der Waals surface area contributed by atoms with E-state index in [1.807, 2.05) is 0 Å². The van der Waals surface area contributed by atoms with Gasteiger partial charge in [0.2, 0.25) is 0 Å². The van der Waals surface area contributed by atoms with E-state index in [1.54, 1.807) is 13.1 Å². The predicted molar refractivity (Wildman–Crippen MR) is 61.8 cm³/mol. The minimum atomic E-state index is -1.17. The van der Waals surface area contributed by atoms with E-state index in [0.717, 1.165) is 5.56 Å². The summed E-state index contributed by atoms with van der Waals surface area (Å²) >= 11 is 0. The number of hydrogen-bond donors (Lipinski definition) is 3. The van der Waals surface area contributed by atoms with E-state index in [-0.39, 0.29) is 13.0 Å². The van der Waals surface area contributed by atoms with Crippen LogP contribution in [0.25, 0.3) is 0 Å². The number of aliphatic hydroxyl groups excluding tert-OH is 1. The zero-order chi connectivity index (χ0) is 13.5. The first-order valence-electron chi connectivity index (χ1n) is 5.41. The molecule has 100 valence electrons. The van der Waals surface area contributed by atoms with E-state index in [4.69, 9.17) is 14.6 Å². The third-order valence-electron chi connectivity index (χ3n) is 2.36. The van der Waals surface area contributed by atoms with Gasteiger partial charge in [-0.1, -0.05) is 0 Å². The van der Waals surface area contributed by atoms with Crippen molar-refractivity contribution in [3.63, 3.8) is 0 Å². The molecule has 18 heavy (non-hydrogen) atoms. The largest absolute Gasteiger partial charge is 0.480 e. The normalized spacial score (nSPS) is 11.9. The summed E-state index contributed by atoms with van der Waals surface area (Å²) in [5.74, 6) is -1.17. The number of carboxylic acids is 1. The first-order chi connectivity index (χ1) is 8.54. The number of hydrogen-bond acceptors (Lipinski definition) is 4. The molecule has 0 saturated heterocycles. The second kappa shape index (κ2) is 6.65. The lowest BCUT2D eigenvalue weighted by molar-refractivity contribution is -0.139. The predicted octanol–water partition coefficient (Wildman–Crippen LogP) is 0.257. The molecule has 1 aromatic rings. The number of aliphatic hydroxyl groups is 1. The Balaban J connectivity index is 2.50. The van der Waals surface area contributed by atoms with Crippen molar-refractivity contribution in [1.82, 2.24) is 10.2 Å². The number of aliphatic carboxylic acids is 1. The van der Waals surface area contributed by atoms with Crippen molar-refractivity contribution in [1.29, 1.82) is 0 Å². The van der Waals surface area contributed by atoms with Crippen LogP contribution in [-0.2, 0) is 11.3 Å². The Bertz CT molecular complexity index is 390. The van der Waals surface area contributed by atoms with Gasteiger partial charge in [-0.25, -0.2) is 9.59 Å². The van der Waals surface area contributed by atoms with Gasteiger partial charge >= 0.3 is 12.0 Å². The highest BCUT2D eigenvalue weighted by Gasteiger charge is 2.21. The van der Waals surface area contributed by atoms with E-state index < -0.39 is 18.0 Å². The Morgan fingerprint density at radius 3 is 2.78 bits per heavy atom. The number of nitrogens with one attached hydrogen (secondary N) is 1. The van der Waals surface area contributed by atoms with Gasteiger partial charge in [0, 0.05) is 25.6 Å². The fourth-order valence-corrected chi connectivity index (χ4v) is 1.37. The van der Waals surface area contributed by atoms with Crippen LogP contribution in [0.4, 0.5) is 4.79 Å². The fourth-order valence-electron chi connectivity index (χ4n) is 1.37. The minimum Gasteiger partial charge on any atom is -0.480 e. The molecule has 0 radical (unpaired) electrons. The summed E-state index contributed by atoms with van der Waals surface area (Å²) in [6.45, 7) is 0.0104. The summed E-state index contributed by atoms with van der Waals surface area (Å²) in [5, 5.41) is 19.9. The molecule has 0 bridgehead atoms. The third-order valence-corrected chi connectivity index (χ3v) is 2.36. The maximum Gasteiger partial charge on any atom is 0.326 e. The minimum absolute atomic E-state index is 0.0272. The van der Waals surface area contributed by atoms with Crippen molar-refractivity contribution in [2.24, 2.45) is 0 Å². The Labute approximate surface area is 104 Å². The molecule has 0 aliphatic heterocycles. The highest BCUT2D eigenvalue weighted by Crippen LogP contribution is 2.04. The number of urea groups is 1. The van der Waals surface area contributed by atoms with Crippen LogP contribution in [0.5, 0.6) is 0 Å². The number of furan rings is 1. The number of carbonyl (C=O) groups excluding carboxylic acids is 1. The molecule has 2 amide bonds. The maximum absolute atomic E-state index is 11.7. The number of carbonyl (C=O) groups is 2. The van der Waals surface area contributed by atoms with Crippen LogP contribution in [0.3, 0.4) is 0 Å². The topological polar surface area (TPSA) is 103 Å². The molecule has 1 heterocycles. The van der Waals surface area contributed by atoms with Crippen LogP contribution in [-0.4, -0.2) is 46.8 Å². The van der Waals surface area contributed by atoms with Gasteiger partial charge in [-0.2, -0.15) is 0 Å². The molecular weight excluding hydrogens is 240 g/mol. The standard InChI is InChI=1S/C11H16N2O5/c1-13(6-8-3-5-18-7-8)11(17)12-9(2-4-14)10(15)16/h3,5,7,9,14H,2,4,6H2,1H3,(H,12,17)(H,15,16)/t9-/m1/s1. The average Bonchev–Trinajstić information content (AvgIpc) is 2.80. The van der Waals surface area contributed by atoms with Crippen molar-refractivity contribution in [3.05, 3.63) is 24.2 Å². The van der Waals surface area contributed by atoms with Gasteiger partial charge < -0.3 is 24.8 Å². The first kappa shape index (κ1) is 14.0. The molecule has 1 aromatic heterocycles. The molecule has 0 aliphatic rings. The zero-order valence-corrected chi connectivity index (χ0v) is 10.00. The van der Waals surface area contributed by atoms with Crippen molar-refractivity contribution in [3.8, 4) is 0 Å². The Morgan fingerprint density at radius 2 is 2.28 bits per heavy atom. The summed E-state index contributed by atoms with van der Waals surface area (Å²) in [6.07, 6.45) is 2.97. The summed E-state index contributed by atoms with van der Waals surface area (Å²) < 4.78 is 4.87. The molecule has 0 saturated carbocycles. The van der Waals surface area contributed by atoms with E-state index in [2.05, 4.69) is 5.32 Å². The Hall–Kier alpha value is -2.02. The quantitative estimate of drug-likeness (QED) is 0.677. The van der Waals surface area contributed by atoms with Crippen LogP contribution in [0.15, 0.2) is 23.0 Å². The van der Waals surface area contributed by atoms with Gasteiger partial charge in [0.15, 0.2) is 0 Å². The van der Waals surface area contributed by atoms with E-state index in [9.17, 15) is 9.59 Å². The number of nitrogens with zero attached hydrogens (tertiary/aromatic N) is 1. The van der Waals surface area contributed by atoms with Gasteiger partial charge in [-0.15, -0.1) is 0 Å². The lowest BCUT2D eigenvalue weighted by atomic mass is 10.2. The fraction of sp³-hybridized carbons (Fsp3) is 0.455. The van der Waals surface area contributed by atoms with Gasteiger partial charge in [-0.3, -0.25) is 0 Å². The zero-order valence-electron chi connectivity index (χ0n) is 10.00. The van der Waals surface area contributed by atoms with Gasteiger partial charge in [-0.05, 0) is 6.07 Å². The molecule has 7 heteroatoms. The molecule has 1 rings (SSSR count). The number of amides is 2. The summed E-state index contributed by atoms with van der Waals surface area (Å²) in [6, 6.07) is 0.109. The summed E-state index contributed by atoms with van der Waals surface area (Å²) in [4.78, 5) is 23.8. The van der Waals surface area contributed by atoms with Crippen LogP contribution in [0.1, 0.15) is 12.0 Å². The van der Waals surface area contributed by atoms with Crippen LogP contribution < -0.4 is 5.32 Å². The van der Waals surface area contributed by atoms with Crippen LogP contribution >= 0.6 is 0 Å². The maximum atomic E-state index is 11.7. The second-order valence-corrected chi connectivity index (χ2v) is 3.84. The van der Waals surface area contributed by atoms with Crippen molar-refractivity contribution < 1.29 is 24.2 Å². The van der Waals surface area contributed by atoms with Crippen molar-refractivity contribution in [2.45, 2.75) is 19.0 Å². The SMILES string of the molecule is CN(Cc1ccoc1)C(=O)N[C@H](CCO)C(=O)O. The molecule has 1 atom stereocenters. The highest BCUT2D eigenvalue weighted by atomic mass is 16.4. The summed E-state index contributed by atoms with van der Waals surface area (Å²) in [5.41, 5.74) is 0.807. The van der Waals surface area contributed by atoms with Gasteiger partial charge in [0.05, 0.1) is 19.1 Å². The van der Waals surface area contributed by atoms with Crippen molar-refractivity contribution in [2.75, 3.05) is 13.7 Å². The molecule has 3 N–H and O–H groups in total. The molecule has 0 fully saturated rings. The first-order valence-corrected chi connectivity index (χ1v) is 5.41. The molecule has 7 nitrogen and oxygen atoms in total. The van der Waals surface area contributed by atoms with Crippen molar-refractivity contribution >= 4 is 12.0 Å².